The fourth-order valence-corrected chi connectivity index (χ4v) is 2.12. The van der Waals surface area contributed by atoms with Gasteiger partial charge in [-0.1, -0.05) is 39.7 Å². The molecule has 0 spiro atoms. The second-order valence-electron chi connectivity index (χ2n) is 4.16. The molecule has 1 aromatic carbocycles. The van der Waals surface area contributed by atoms with E-state index in [1.165, 1.54) is 6.92 Å². The number of rotatable bonds is 5. The van der Waals surface area contributed by atoms with Crippen LogP contribution in [0.5, 0.6) is 0 Å². The molecule has 0 aliphatic carbocycles. The highest BCUT2D eigenvalue weighted by molar-refractivity contribution is 9.09. The molecule has 0 heterocycles. The van der Waals surface area contributed by atoms with Crippen molar-refractivity contribution in [3.8, 4) is 0 Å². The van der Waals surface area contributed by atoms with Crippen molar-refractivity contribution in [2.45, 2.75) is 32.0 Å². The number of hydrogen-bond donors (Lipinski definition) is 0. The standard InChI is InChI=1S/C14H17BrO3/c1-4-18-13(17)8-11-6-5-9(2)7-12(11)14(15)10(3)16/h5-7,14H,4,8H2,1-3H3. The summed E-state index contributed by atoms with van der Waals surface area (Å²) in [5, 5.41) is 0. The average Bonchev–Trinajstić information content (AvgIpc) is 2.30. The fraction of sp³-hybridized carbons (Fsp3) is 0.429. The van der Waals surface area contributed by atoms with Gasteiger partial charge in [0.15, 0.2) is 0 Å². The minimum absolute atomic E-state index is 0.0192. The summed E-state index contributed by atoms with van der Waals surface area (Å²) in [4.78, 5) is 22.6. The van der Waals surface area contributed by atoms with E-state index in [0.717, 1.165) is 16.7 Å². The summed E-state index contributed by atoms with van der Waals surface area (Å²) in [6, 6.07) is 5.73. The second kappa shape index (κ2) is 6.69. The lowest BCUT2D eigenvalue weighted by Gasteiger charge is -2.13. The molecule has 0 N–H and O–H groups in total. The maximum absolute atomic E-state index is 11.5. The van der Waals surface area contributed by atoms with Crippen molar-refractivity contribution >= 4 is 27.7 Å². The van der Waals surface area contributed by atoms with Crippen molar-refractivity contribution in [1.82, 2.24) is 0 Å². The Morgan fingerprint density at radius 1 is 1.39 bits per heavy atom. The van der Waals surface area contributed by atoms with Crippen molar-refractivity contribution in [1.29, 1.82) is 0 Å². The number of carbonyl (C=O) groups excluding carboxylic acids is 2. The molecule has 0 amide bonds. The molecule has 1 rings (SSSR count). The molecule has 0 fully saturated rings. The van der Waals surface area contributed by atoms with Gasteiger partial charge in [-0.2, -0.15) is 0 Å². The van der Waals surface area contributed by atoms with E-state index in [-0.39, 0.29) is 23.0 Å². The number of ether oxygens (including phenoxy) is 1. The highest BCUT2D eigenvalue weighted by atomic mass is 79.9. The molecule has 0 aliphatic heterocycles. The van der Waals surface area contributed by atoms with E-state index in [2.05, 4.69) is 15.9 Å². The van der Waals surface area contributed by atoms with Gasteiger partial charge in [0.05, 0.1) is 17.9 Å². The average molecular weight is 313 g/mol. The number of hydrogen-bond acceptors (Lipinski definition) is 3. The number of esters is 1. The molecule has 0 radical (unpaired) electrons. The van der Waals surface area contributed by atoms with Crippen LogP contribution in [0.3, 0.4) is 0 Å². The zero-order valence-corrected chi connectivity index (χ0v) is 12.4. The SMILES string of the molecule is CCOC(=O)Cc1ccc(C)cc1C(Br)C(C)=O. The molecule has 1 atom stereocenters. The first-order valence-electron chi connectivity index (χ1n) is 5.85. The van der Waals surface area contributed by atoms with Gasteiger partial charge in [0.2, 0.25) is 0 Å². The molecule has 0 aliphatic rings. The van der Waals surface area contributed by atoms with Gasteiger partial charge in [0, 0.05) is 0 Å². The Labute approximate surface area is 116 Å². The summed E-state index contributed by atoms with van der Waals surface area (Å²) >= 11 is 3.36. The Balaban J connectivity index is 3.03. The van der Waals surface area contributed by atoms with Crippen LogP contribution in [0, 0.1) is 6.92 Å². The number of benzene rings is 1. The zero-order valence-electron chi connectivity index (χ0n) is 10.8. The van der Waals surface area contributed by atoms with Crippen LogP contribution in [0.15, 0.2) is 18.2 Å². The Hall–Kier alpha value is -1.16. The van der Waals surface area contributed by atoms with Crippen LogP contribution in [0.1, 0.15) is 35.4 Å². The number of ketones is 1. The lowest BCUT2D eigenvalue weighted by Crippen LogP contribution is -2.12. The van der Waals surface area contributed by atoms with Gasteiger partial charge in [-0.15, -0.1) is 0 Å². The van der Waals surface area contributed by atoms with E-state index in [1.54, 1.807) is 6.92 Å². The molecular formula is C14H17BrO3. The van der Waals surface area contributed by atoms with Crippen molar-refractivity contribution < 1.29 is 14.3 Å². The topological polar surface area (TPSA) is 43.4 Å². The lowest BCUT2D eigenvalue weighted by molar-refractivity contribution is -0.142. The molecule has 18 heavy (non-hydrogen) atoms. The number of aryl methyl sites for hydroxylation is 1. The van der Waals surface area contributed by atoms with Gasteiger partial charge in [-0.05, 0) is 31.9 Å². The summed E-state index contributed by atoms with van der Waals surface area (Å²) < 4.78 is 4.93. The molecular weight excluding hydrogens is 296 g/mol. The molecule has 0 saturated heterocycles. The smallest absolute Gasteiger partial charge is 0.310 e. The Morgan fingerprint density at radius 2 is 2.06 bits per heavy atom. The third kappa shape index (κ3) is 3.95. The van der Waals surface area contributed by atoms with Gasteiger partial charge >= 0.3 is 5.97 Å². The summed E-state index contributed by atoms with van der Waals surface area (Å²) in [6.45, 7) is 5.62. The lowest BCUT2D eigenvalue weighted by atomic mass is 9.98. The fourth-order valence-electron chi connectivity index (χ4n) is 1.70. The van der Waals surface area contributed by atoms with Crippen molar-refractivity contribution in [2.75, 3.05) is 6.61 Å². The summed E-state index contributed by atoms with van der Waals surface area (Å²) in [6.07, 6.45) is 0.193. The number of alkyl halides is 1. The summed E-state index contributed by atoms with van der Waals surface area (Å²) in [5.74, 6) is -0.253. The zero-order chi connectivity index (χ0) is 13.7. The largest absolute Gasteiger partial charge is 0.466 e. The highest BCUT2D eigenvalue weighted by Gasteiger charge is 2.18. The number of halogens is 1. The quantitative estimate of drug-likeness (QED) is 0.619. The number of Topliss-reactive ketones (excluding diaryl/α,β-unsaturated/α-hetero) is 1. The first kappa shape index (κ1) is 14.9. The number of carbonyl (C=O) groups is 2. The van der Waals surface area contributed by atoms with Gasteiger partial charge in [-0.25, -0.2) is 0 Å². The van der Waals surface area contributed by atoms with Crippen LogP contribution in [0.2, 0.25) is 0 Å². The van der Waals surface area contributed by atoms with Crippen LogP contribution in [-0.4, -0.2) is 18.4 Å². The molecule has 3 nitrogen and oxygen atoms in total. The minimum Gasteiger partial charge on any atom is -0.466 e. The normalized spacial score (nSPS) is 12.0. The van der Waals surface area contributed by atoms with Crippen LogP contribution in [0.4, 0.5) is 0 Å². The van der Waals surface area contributed by atoms with Gasteiger partial charge in [0.25, 0.3) is 0 Å². The molecule has 0 bridgehead atoms. The third-order valence-electron chi connectivity index (χ3n) is 2.57. The monoisotopic (exact) mass is 312 g/mol. The van der Waals surface area contributed by atoms with E-state index in [9.17, 15) is 9.59 Å². The van der Waals surface area contributed by atoms with Crippen LogP contribution < -0.4 is 0 Å². The Morgan fingerprint density at radius 3 is 2.61 bits per heavy atom. The van der Waals surface area contributed by atoms with Crippen LogP contribution in [-0.2, 0) is 20.7 Å². The van der Waals surface area contributed by atoms with Crippen molar-refractivity contribution in [3.05, 3.63) is 34.9 Å². The highest BCUT2D eigenvalue weighted by Crippen LogP contribution is 2.28. The van der Waals surface area contributed by atoms with E-state index in [4.69, 9.17) is 4.74 Å². The van der Waals surface area contributed by atoms with Crippen LogP contribution in [0.25, 0.3) is 0 Å². The summed E-state index contributed by atoms with van der Waals surface area (Å²) in [7, 11) is 0. The van der Waals surface area contributed by atoms with Gasteiger partial charge < -0.3 is 4.74 Å². The Bertz CT molecular complexity index is 454. The predicted octanol–water partition coefficient (Wildman–Crippen LogP) is 3.13. The second-order valence-corrected chi connectivity index (χ2v) is 5.07. The maximum Gasteiger partial charge on any atom is 0.310 e. The van der Waals surface area contributed by atoms with Crippen LogP contribution >= 0.6 is 15.9 Å². The van der Waals surface area contributed by atoms with E-state index in [0.29, 0.717) is 6.61 Å². The van der Waals surface area contributed by atoms with Gasteiger partial charge in [0.1, 0.15) is 5.78 Å². The first-order valence-corrected chi connectivity index (χ1v) is 6.76. The van der Waals surface area contributed by atoms with Gasteiger partial charge in [-0.3, -0.25) is 9.59 Å². The predicted molar refractivity (Wildman–Crippen MR) is 73.9 cm³/mol. The molecule has 1 aromatic rings. The first-order chi connectivity index (χ1) is 8.45. The summed E-state index contributed by atoms with van der Waals surface area (Å²) in [5.41, 5.74) is 2.73. The van der Waals surface area contributed by atoms with E-state index >= 15 is 0 Å². The molecule has 4 heteroatoms. The van der Waals surface area contributed by atoms with E-state index in [1.807, 2.05) is 25.1 Å². The molecule has 98 valence electrons. The third-order valence-corrected chi connectivity index (χ3v) is 3.71. The molecule has 1 unspecified atom stereocenters. The van der Waals surface area contributed by atoms with E-state index < -0.39 is 0 Å². The Kier molecular flexibility index (Phi) is 5.54. The maximum atomic E-state index is 11.5. The molecule has 0 aromatic heterocycles. The minimum atomic E-state index is -0.373. The van der Waals surface area contributed by atoms with Crippen molar-refractivity contribution in [3.63, 3.8) is 0 Å². The van der Waals surface area contributed by atoms with Crippen molar-refractivity contribution in [2.24, 2.45) is 0 Å². The molecule has 0 saturated carbocycles.